The third-order valence-electron chi connectivity index (χ3n) is 3.11. The molecule has 1 unspecified atom stereocenters. The molecule has 0 saturated heterocycles. The fourth-order valence-electron chi connectivity index (χ4n) is 2.28. The lowest BCUT2D eigenvalue weighted by molar-refractivity contribution is 0.152. The molecule has 2 N–H and O–H groups in total. The van der Waals surface area contributed by atoms with Crippen molar-refractivity contribution >= 4 is 0 Å². The second-order valence-electron chi connectivity index (χ2n) is 5.78. The summed E-state index contributed by atoms with van der Waals surface area (Å²) >= 11 is 0. The van der Waals surface area contributed by atoms with Gasteiger partial charge < -0.3 is 15.3 Å². The molecule has 0 saturated carbocycles. The topological polar surface area (TPSA) is 35.5 Å². The Morgan fingerprint density at radius 1 is 1.24 bits per heavy atom. The van der Waals surface area contributed by atoms with Gasteiger partial charge in [0.2, 0.25) is 0 Å². The molecule has 0 aliphatic rings. The molecule has 0 aromatic rings. The van der Waals surface area contributed by atoms with Crippen LogP contribution in [0.25, 0.3) is 0 Å². The molecule has 0 aliphatic carbocycles. The first-order valence-corrected chi connectivity index (χ1v) is 7.00. The molecule has 104 valence electrons. The first-order valence-electron chi connectivity index (χ1n) is 7.00. The van der Waals surface area contributed by atoms with E-state index in [1.165, 1.54) is 25.8 Å². The standard InChI is InChI=1S/C14H32N2O/c1-6-10-16(5)11-8-7-9-14(4,12-17)15-13(2)3/h13,15,17H,6-12H2,1-5H3. The molecule has 0 bridgehead atoms. The summed E-state index contributed by atoms with van der Waals surface area (Å²) in [4.78, 5) is 2.38. The average Bonchev–Trinajstić information content (AvgIpc) is 2.24. The molecular formula is C14H32N2O. The van der Waals surface area contributed by atoms with Crippen molar-refractivity contribution in [1.29, 1.82) is 0 Å². The average molecular weight is 244 g/mol. The summed E-state index contributed by atoms with van der Waals surface area (Å²) in [6.07, 6.45) is 4.65. The van der Waals surface area contributed by atoms with E-state index in [9.17, 15) is 5.11 Å². The van der Waals surface area contributed by atoms with Gasteiger partial charge in [0.25, 0.3) is 0 Å². The van der Waals surface area contributed by atoms with Crippen LogP contribution in [0.15, 0.2) is 0 Å². The lowest BCUT2D eigenvalue weighted by Crippen LogP contribution is -2.49. The molecule has 0 amide bonds. The third-order valence-corrected chi connectivity index (χ3v) is 3.11. The van der Waals surface area contributed by atoms with Crippen molar-refractivity contribution in [1.82, 2.24) is 10.2 Å². The smallest absolute Gasteiger partial charge is 0.0610 e. The zero-order valence-electron chi connectivity index (χ0n) is 12.4. The van der Waals surface area contributed by atoms with E-state index in [0.29, 0.717) is 6.04 Å². The molecule has 0 fully saturated rings. The predicted molar refractivity (Wildman–Crippen MR) is 75.4 cm³/mol. The van der Waals surface area contributed by atoms with E-state index in [4.69, 9.17) is 0 Å². The van der Waals surface area contributed by atoms with Crippen molar-refractivity contribution in [3.05, 3.63) is 0 Å². The van der Waals surface area contributed by atoms with Crippen LogP contribution in [0.4, 0.5) is 0 Å². The predicted octanol–water partition coefficient (Wildman–Crippen LogP) is 2.25. The van der Waals surface area contributed by atoms with Gasteiger partial charge >= 0.3 is 0 Å². The van der Waals surface area contributed by atoms with Crippen LogP contribution >= 0.6 is 0 Å². The zero-order valence-corrected chi connectivity index (χ0v) is 12.4. The lowest BCUT2D eigenvalue weighted by atomic mass is 9.95. The van der Waals surface area contributed by atoms with Crippen molar-refractivity contribution < 1.29 is 5.11 Å². The first kappa shape index (κ1) is 16.9. The number of rotatable bonds is 10. The SMILES string of the molecule is CCCN(C)CCCCC(C)(CO)NC(C)C. The summed E-state index contributed by atoms with van der Waals surface area (Å²) in [5, 5.41) is 12.9. The van der Waals surface area contributed by atoms with Gasteiger partial charge in [0.15, 0.2) is 0 Å². The van der Waals surface area contributed by atoms with E-state index in [1.807, 2.05) is 0 Å². The van der Waals surface area contributed by atoms with Gasteiger partial charge in [0, 0.05) is 11.6 Å². The lowest BCUT2D eigenvalue weighted by Gasteiger charge is -2.31. The van der Waals surface area contributed by atoms with Crippen LogP contribution in [0.1, 0.15) is 53.4 Å². The number of hydrogen-bond donors (Lipinski definition) is 2. The minimum atomic E-state index is -0.114. The zero-order chi connectivity index (χ0) is 13.3. The Hall–Kier alpha value is -0.120. The molecule has 0 radical (unpaired) electrons. The molecule has 0 heterocycles. The van der Waals surface area contributed by atoms with Crippen molar-refractivity contribution in [3.63, 3.8) is 0 Å². The first-order chi connectivity index (χ1) is 7.93. The maximum absolute atomic E-state index is 9.45. The largest absolute Gasteiger partial charge is 0.394 e. The van der Waals surface area contributed by atoms with Crippen molar-refractivity contribution in [2.45, 2.75) is 65.0 Å². The van der Waals surface area contributed by atoms with Gasteiger partial charge in [0.05, 0.1) is 6.61 Å². The number of nitrogens with one attached hydrogen (secondary N) is 1. The summed E-state index contributed by atoms with van der Waals surface area (Å²) in [6, 6.07) is 0.426. The van der Waals surface area contributed by atoms with Gasteiger partial charge in [0.1, 0.15) is 0 Å². The van der Waals surface area contributed by atoms with E-state index < -0.39 is 0 Å². The fraction of sp³-hybridized carbons (Fsp3) is 1.00. The summed E-state index contributed by atoms with van der Waals surface area (Å²) < 4.78 is 0. The van der Waals surface area contributed by atoms with Crippen molar-refractivity contribution in [2.75, 3.05) is 26.7 Å². The highest BCUT2D eigenvalue weighted by molar-refractivity contribution is 4.83. The summed E-state index contributed by atoms with van der Waals surface area (Å²) in [5.74, 6) is 0. The van der Waals surface area contributed by atoms with Crippen molar-refractivity contribution in [2.24, 2.45) is 0 Å². The van der Waals surface area contributed by atoms with E-state index >= 15 is 0 Å². The Labute approximate surface area is 108 Å². The van der Waals surface area contributed by atoms with Crippen LogP contribution < -0.4 is 5.32 Å². The van der Waals surface area contributed by atoms with Gasteiger partial charge in [-0.3, -0.25) is 0 Å². The molecule has 17 heavy (non-hydrogen) atoms. The van der Waals surface area contributed by atoms with E-state index in [1.54, 1.807) is 0 Å². The Bertz CT molecular complexity index is 185. The highest BCUT2D eigenvalue weighted by atomic mass is 16.3. The third kappa shape index (κ3) is 8.58. The Morgan fingerprint density at radius 3 is 2.35 bits per heavy atom. The molecule has 3 nitrogen and oxygen atoms in total. The van der Waals surface area contributed by atoms with Gasteiger partial charge in [-0.15, -0.1) is 0 Å². The van der Waals surface area contributed by atoms with Crippen LogP contribution in [0, 0.1) is 0 Å². The monoisotopic (exact) mass is 244 g/mol. The minimum Gasteiger partial charge on any atom is -0.394 e. The molecular weight excluding hydrogens is 212 g/mol. The highest BCUT2D eigenvalue weighted by Crippen LogP contribution is 2.14. The molecule has 1 atom stereocenters. The summed E-state index contributed by atoms with van der Waals surface area (Å²) in [6.45, 7) is 11.1. The number of nitrogens with zero attached hydrogens (tertiary/aromatic N) is 1. The van der Waals surface area contributed by atoms with Crippen LogP contribution in [-0.2, 0) is 0 Å². The van der Waals surface area contributed by atoms with Gasteiger partial charge in [-0.05, 0) is 46.3 Å². The Kier molecular flexibility index (Phi) is 8.83. The number of hydrogen-bond acceptors (Lipinski definition) is 3. The molecule has 3 heteroatoms. The Balaban J connectivity index is 3.76. The van der Waals surface area contributed by atoms with Crippen LogP contribution in [0.2, 0.25) is 0 Å². The molecule has 0 rings (SSSR count). The molecule has 0 aromatic carbocycles. The maximum Gasteiger partial charge on any atom is 0.0610 e. The second kappa shape index (κ2) is 8.90. The van der Waals surface area contributed by atoms with Gasteiger partial charge in [-0.25, -0.2) is 0 Å². The quantitative estimate of drug-likeness (QED) is 0.579. The maximum atomic E-state index is 9.45. The van der Waals surface area contributed by atoms with E-state index in [0.717, 1.165) is 13.0 Å². The van der Waals surface area contributed by atoms with Crippen LogP contribution in [0.5, 0.6) is 0 Å². The van der Waals surface area contributed by atoms with Crippen LogP contribution in [-0.4, -0.2) is 48.3 Å². The van der Waals surface area contributed by atoms with Crippen LogP contribution in [0.3, 0.4) is 0 Å². The highest BCUT2D eigenvalue weighted by Gasteiger charge is 2.22. The molecule has 0 spiro atoms. The summed E-state index contributed by atoms with van der Waals surface area (Å²) in [7, 11) is 2.18. The normalized spacial score (nSPS) is 15.5. The second-order valence-corrected chi connectivity index (χ2v) is 5.78. The minimum absolute atomic E-state index is 0.114. The van der Waals surface area contributed by atoms with Crippen molar-refractivity contribution in [3.8, 4) is 0 Å². The molecule has 0 aromatic heterocycles. The number of aliphatic hydroxyl groups is 1. The fourth-order valence-corrected chi connectivity index (χ4v) is 2.28. The molecule has 0 aliphatic heterocycles. The van der Waals surface area contributed by atoms with Gasteiger partial charge in [-0.1, -0.05) is 27.2 Å². The Morgan fingerprint density at radius 2 is 1.88 bits per heavy atom. The van der Waals surface area contributed by atoms with E-state index in [-0.39, 0.29) is 12.1 Å². The van der Waals surface area contributed by atoms with Gasteiger partial charge in [-0.2, -0.15) is 0 Å². The van der Waals surface area contributed by atoms with E-state index in [2.05, 4.69) is 45.0 Å². The number of aliphatic hydroxyl groups excluding tert-OH is 1. The number of unbranched alkanes of at least 4 members (excludes halogenated alkanes) is 1. The summed E-state index contributed by atoms with van der Waals surface area (Å²) in [5.41, 5.74) is -0.114.